The number of nitrogens with zero attached hydrogens (tertiary/aromatic N) is 4. The SMILES string of the molecule is O=C1Cc2cc(Nc3cc4c(cn3)cnn4S(=O)(=O)c3cccc4cccnc34)ccc2N1. The van der Waals surface area contributed by atoms with Gasteiger partial charge >= 0.3 is 0 Å². The lowest BCUT2D eigenvalue weighted by Gasteiger charge is -2.10. The van der Waals surface area contributed by atoms with Crippen molar-refractivity contribution in [2.24, 2.45) is 0 Å². The van der Waals surface area contributed by atoms with Crippen molar-refractivity contribution < 1.29 is 13.2 Å². The monoisotopic (exact) mass is 456 g/mol. The highest BCUT2D eigenvalue weighted by atomic mass is 32.2. The van der Waals surface area contributed by atoms with E-state index < -0.39 is 10.0 Å². The van der Waals surface area contributed by atoms with Crippen molar-refractivity contribution >= 4 is 54.9 Å². The molecule has 3 aromatic heterocycles. The largest absolute Gasteiger partial charge is 0.340 e. The fourth-order valence-corrected chi connectivity index (χ4v) is 5.43. The third kappa shape index (κ3) is 3.19. The average molecular weight is 456 g/mol. The summed E-state index contributed by atoms with van der Waals surface area (Å²) in [6, 6.07) is 15.8. The fourth-order valence-electron chi connectivity index (χ4n) is 3.99. The van der Waals surface area contributed by atoms with Gasteiger partial charge in [0.1, 0.15) is 10.7 Å². The number of fused-ring (bicyclic) bond motifs is 3. The molecule has 1 aliphatic rings. The van der Waals surface area contributed by atoms with E-state index >= 15 is 0 Å². The van der Waals surface area contributed by atoms with E-state index in [4.69, 9.17) is 0 Å². The topological polar surface area (TPSA) is 119 Å². The summed E-state index contributed by atoms with van der Waals surface area (Å²) in [7, 11) is -4.01. The molecule has 0 saturated heterocycles. The van der Waals surface area contributed by atoms with Crippen molar-refractivity contribution in [3.8, 4) is 0 Å². The Morgan fingerprint density at radius 3 is 2.76 bits per heavy atom. The van der Waals surface area contributed by atoms with Crippen molar-refractivity contribution in [2.45, 2.75) is 11.3 Å². The van der Waals surface area contributed by atoms with Crippen LogP contribution in [-0.4, -0.2) is 33.5 Å². The van der Waals surface area contributed by atoms with Crippen LogP contribution in [0.1, 0.15) is 5.56 Å². The predicted molar refractivity (Wildman–Crippen MR) is 124 cm³/mol. The van der Waals surface area contributed by atoms with Crippen molar-refractivity contribution in [3.05, 3.63) is 78.8 Å². The van der Waals surface area contributed by atoms with Crippen LogP contribution in [0.5, 0.6) is 0 Å². The van der Waals surface area contributed by atoms with Crippen LogP contribution in [0.4, 0.5) is 17.2 Å². The highest BCUT2D eigenvalue weighted by Gasteiger charge is 2.24. The van der Waals surface area contributed by atoms with Gasteiger partial charge in [0, 0.05) is 40.6 Å². The lowest BCUT2D eigenvalue weighted by Crippen LogP contribution is -2.15. The zero-order valence-corrected chi connectivity index (χ0v) is 17.9. The van der Waals surface area contributed by atoms with Crippen LogP contribution in [0.3, 0.4) is 0 Å². The lowest BCUT2D eigenvalue weighted by molar-refractivity contribution is -0.115. The van der Waals surface area contributed by atoms with Crippen LogP contribution in [0.15, 0.2) is 78.1 Å². The smallest absolute Gasteiger partial charge is 0.285 e. The first kappa shape index (κ1) is 19.4. The third-order valence-electron chi connectivity index (χ3n) is 5.52. The fraction of sp³-hybridized carbons (Fsp3) is 0.0435. The quantitative estimate of drug-likeness (QED) is 0.425. The van der Waals surface area contributed by atoms with E-state index in [1.807, 2.05) is 30.3 Å². The summed E-state index contributed by atoms with van der Waals surface area (Å²) in [6.45, 7) is 0. The molecule has 0 atom stereocenters. The maximum Gasteiger partial charge on any atom is 0.285 e. The molecule has 162 valence electrons. The van der Waals surface area contributed by atoms with Gasteiger partial charge < -0.3 is 10.6 Å². The van der Waals surface area contributed by atoms with Gasteiger partial charge in [-0.15, -0.1) is 0 Å². The normalized spacial score (nSPS) is 13.3. The Kier molecular flexibility index (Phi) is 4.17. The molecule has 0 radical (unpaired) electrons. The Labute approximate surface area is 188 Å². The average Bonchev–Trinajstić information content (AvgIpc) is 3.41. The molecule has 0 saturated carbocycles. The summed E-state index contributed by atoms with van der Waals surface area (Å²) in [5.41, 5.74) is 3.20. The van der Waals surface area contributed by atoms with Crippen LogP contribution in [0, 0.1) is 0 Å². The molecular formula is C23H16N6O3S. The van der Waals surface area contributed by atoms with E-state index in [0.29, 0.717) is 28.7 Å². The molecule has 33 heavy (non-hydrogen) atoms. The summed E-state index contributed by atoms with van der Waals surface area (Å²) < 4.78 is 28.1. The summed E-state index contributed by atoms with van der Waals surface area (Å²) >= 11 is 0. The third-order valence-corrected chi connectivity index (χ3v) is 7.16. The van der Waals surface area contributed by atoms with Gasteiger partial charge in [-0.2, -0.15) is 17.6 Å². The van der Waals surface area contributed by atoms with Gasteiger partial charge in [0.25, 0.3) is 10.0 Å². The van der Waals surface area contributed by atoms with Crippen LogP contribution in [-0.2, 0) is 21.2 Å². The molecule has 4 heterocycles. The van der Waals surface area contributed by atoms with Crippen molar-refractivity contribution in [1.82, 2.24) is 19.2 Å². The number of hydrogen-bond donors (Lipinski definition) is 2. The molecule has 0 unspecified atom stereocenters. The zero-order valence-electron chi connectivity index (χ0n) is 17.1. The van der Waals surface area contributed by atoms with Crippen molar-refractivity contribution in [1.29, 1.82) is 0 Å². The second kappa shape index (κ2) is 7.10. The molecule has 6 rings (SSSR count). The molecule has 0 fully saturated rings. The molecule has 0 bridgehead atoms. The number of para-hydroxylation sites is 1. The summed E-state index contributed by atoms with van der Waals surface area (Å²) in [5.74, 6) is 0.409. The first-order valence-electron chi connectivity index (χ1n) is 10.1. The van der Waals surface area contributed by atoms with E-state index in [0.717, 1.165) is 26.4 Å². The van der Waals surface area contributed by atoms with Crippen molar-refractivity contribution in [2.75, 3.05) is 10.6 Å². The maximum absolute atomic E-state index is 13.5. The molecule has 10 heteroatoms. The molecule has 5 aromatic rings. The molecule has 0 spiro atoms. The van der Waals surface area contributed by atoms with Crippen molar-refractivity contribution in [3.63, 3.8) is 0 Å². The molecule has 0 aliphatic carbocycles. The summed E-state index contributed by atoms with van der Waals surface area (Å²) in [4.78, 5) is 20.3. The number of hydrogen-bond acceptors (Lipinski definition) is 7. The second-order valence-electron chi connectivity index (χ2n) is 7.67. The Bertz CT molecular complexity index is 1690. The lowest BCUT2D eigenvalue weighted by atomic mass is 10.1. The molecule has 9 nitrogen and oxygen atoms in total. The summed E-state index contributed by atoms with van der Waals surface area (Å²) in [6.07, 6.45) is 4.92. The number of carbonyl (C=O) groups is 1. The molecule has 2 N–H and O–H groups in total. The minimum atomic E-state index is -4.01. The highest BCUT2D eigenvalue weighted by Crippen LogP contribution is 2.29. The number of pyridine rings is 2. The number of nitrogens with one attached hydrogen (secondary N) is 2. The van der Waals surface area contributed by atoms with Gasteiger partial charge in [-0.25, -0.2) is 4.98 Å². The first-order valence-corrected chi connectivity index (χ1v) is 11.6. The summed E-state index contributed by atoms with van der Waals surface area (Å²) in [5, 5.41) is 11.4. The number of rotatable bonds is 4. The number of benzene rings is 2. The van der Waals surface area contributed by atoms with Crippen LogP contribution < -0.4 is 10.6 Å². The van der Waals surface area contributed by atoms with Gasteiger partial charge in [0.15, 0.2) is 0 Å². The number of carbonyl (C=O) groups excluding carboxylic acids is 1. The number of anilines is 3. The van der Waals surface area contributed by atoms with Gasteiger partial charge in [-0.1, -0.05) is 18.2 Å². The highest BCUT2D eigenvalue weighted by molar-refractivity contribution is 7.90. The van der Waals surface area contributed by atoms with Gasteiger partial charge in [-0.05, 0) is 35.9 Å². The number of amides is 1. The standard InChI is InChI=1S/C23H16N6O3S/c30-22-10-15-9-17(6-7-18(15)28-22)27-21-11-19-16(12-25-21)13-26-29(19)33(31,32)20-5-1-3-14-4-2-8-24-23(14)20/h1-9,11-13H,10H2,(H,25,27)(H,28,30). The Balaban J connectivity index is 1.42. The van der Waals surface area contributed by atoms with Gasteiger partial charge in [-0.3, -0.25) is 9.78 Å². The van der Waals surface area contributed by atoms with Crippen LogP contribution in [0.25, 0.3) is 21.8 Å². The molecule has 1 aliphatic heterocycles. The Morgan fingerprint density at radius 1 is 0.970 bits per heavy atom. The predicted octanol–water partition coefficient (Wildman–Crippen LogP) is 3.45. The van der Waals surface area contributed by atoms with E-state index in [1.54, 1.807) is 30.6 Å². The van der Waals surface area contributed by atoms with Crippen LogP contribution >= 0.6 is 0 Å². The Hall–Kier alpha value is -4.31. The van der Waals surface area contributed by atoms with Crippen LogP contribution in [0.2, 0.25) is 0 Å². The van der Waals surface area contributed by atoms with Gasteiger partial charge in [0.2, 0.25) is 5.91 Å². The molecule has 1 amide bonds. The second-order valence-corrected chi connectivity index (χ2v) is 9.41. The minimum Gasteiger partial charge on any atom is -0.340 e. The molecule has 2 aromatic carbocycles. The van der Waals surface area contributed by atoms with Gasteiger partial charge in [0.05, 0.1) is 23.7 Å². The van der Waals surface area contributed by atoms with E-state index in [2.05, 4.69) is 25.7 Å². The maximum atomic E-state index is 13.5. The minimum absolute atomic E-state index is 0.0428. The van der Waals surface area contributed by atoms with E-state index in [-0.39, 0.29) is 10.8 Å². The molecular weight excluding hydrogens is 440 g/mol. The number of aromatic nitrogens is 4. The first-order chi connectivity index (χ1) is 16.0. The van der Waals surface area contributed by atoms with E-state index in [1.165, 1.54) is 12.3 Å². The Morgan fingerprint density at radius 2 is 1.85 bits per heavy atom. The zero-order chi connectivity index (χ0) is 22.6. The van der Waals surface area contributed by atoms with E-state index in [9.17, 15) is 13.2 Å².